The summed E-state index contributed by atoms with van der Waals surface area (Å²) in [5.41, 5.74) is -0.397. The third-order valence-electron chi connectivity index (χ3n) is 2.57. The van der Waals surface area contributed by atoms with Gasteiger partial charge in [-0.05, 0) is 41.9 Å². The van der Waals surface area contributed by atoms with Crippen LogP contribution in [0.25, 0.3) is 0 Å². The highest BCUT2D eigenvalue weighted by Gasteiger charge is 2.20. The number of nitrogens with two attached hydrogens (primary N) is 1. The molecule has 0 bridgehead atoms. The number of carbonyl (C=O) groups excluding carboxylic acids is 1. The minimum absolute atomic E-state index is 0.0401. The molecule has 0 aliphatic rings. The molecule has 0 spiro atoms. The largest absolute Gasteiger partial charge is 0.377 e. The van der Waals surface area contributed by atoms with E-state index in [9.17, 15) is 17.6 Å². The van der Waals surface area contributed by atoms with Crippen molar-refractivity contribution in [2.24, 2.45) is 5.14 Å². The van der Waals surface area contributed by atoms with E-state index in [-0.39, 0.29) is 22.0 Å². The Morgan fingerprint density at radius 3 is 2.67 bits per heavy atom. The zero-order valence-corrected chi connectivity index (χ0v) is 13.9. The zero-order valence-electron chi connectivity index (χ0n) is 11.5. The maximum Gasteiger partial charge on any atom is 0.254 e. The van der Waals surface area contributed by atoms with Crippen molar-refractivity contribution in [3.05, 3.63) is 28.0 Å². The standard InChI is InChI=1S/C12H16BrFN2O4S/c1-3-20-7(2)6-16-12(17)8-4-11(21(15,18)19)9(13)5-10(8)14/h4-5,7H,3,6H2,1-2H3,(H,16,17)(H2,15,18,19). The minimum Gasteiger partial charge on any atom is -0.377 e. The first-order valence-electron chi connectivity index (χ1n) is 6.08. The van der Waals surface area contributed by atoms with Crippen LogP contribution in [0, 0.1) is 5.82 Å². The van der Waals surface area contributed by atoms with Crippen molar-refractivity contribution in [3.63, 3.8) is 0 Å². The summed E-state index contributed by atoms with van der Waals surface area (Å²) >= 11 is 2.90. The number of nitrogens with one attached hydrogen (secondary N) is 1. The lowest BCUT2D eigenvalue weighted by Crippen LogP contribution is -2.32. The van der Waals surface area contributed by atoms with Crippen LogP contribution in [0.1, 0.15) is 24.2 Å². The number of hydrogen-bond donors (Lipinski definition) is 2. The predicted octanol–water partition coefficient (Wildman–Crippen LogP) is 1.39. The van der Waals surface area contributed by atoms with Crippen molar-refractivity contribution in [3.8, 4) is 0 Å². The Kier molecular flexibility index (Phi) is 6.26. The Hall–Kier alpha value is -1.03. The Morgan fingerprint density at radius 2 is 2.14 bits per heavy atom. The van der Waals surface area contributed by atoms with Crippen molar-refractivity contribution in [1.82, 2.24) is 5.32 Å². The molecule has 21 heavy (non-hydrogen) atoms. The van der Waals surface area contributed by atoms with Gasteiger partial charge in [-0.15, -0.1) is 0 Å². The van der Waals surface area contributed by atoms with Gasteiger partial charge in [0, 0.05) is 17.6 Å². The lowest BCUT2D eigenvalue weighted by atomic mass is 10.2. The van der Waals surface area contributed by atoms with Gasteiger partial charge in [0.05, 0.1) is 16.6 Å². The molecule has 1 aromatic carbocycles. The molecule has 0 saturated carbocycles. The van der Waals surface area contributed by atoms with E-state index in [1.165, 1.54) is 0 Å². The summed E-state index contributed by atoms with van der Waals surface area (Å²) in [7, 11) is -4.06. The maximum absolute atomic E-state index is 13.8. The molecule has 0 aromatic heterocycles. The van der Waals surface area contributed by atoms with Gasteiger partial charge in [-0.1, -0.05) is 0 Å². The number of ether oxygens (including phenoxy) is 1. The molecule has 1 rings (SSSR count). The van der Waals surface area contributed by atoms with Gasteiger partial charge in [-0.3, -0.25) is 4.79 Å². The molecule has 3 N–H and O–H groups in total. The molecule has 9 heteroatoms. The molecule has 0 heterocycles. The fourth-order valence-corrected chi connectivity index (χ4v) is 3.20. The van der Waals surface area contributed by atoms with Crippen LogP contribution in [0.15, 0.2) is 21.5 Å². The van der Waals surface area contributed by atoms with Crippen LogP contribution in [0.5, 0.6) is 0 Å². The Balaban J connectivity index is 3.00. The van der Waals surface area contributed by atoms with Gasteiger partial charge in [-0.25, -0.2) is 17.9 Å². The number of carbonyl (C=O) groups is 1. The van der Waals surface area contributed by atoms with Gasteiger partial charge in [0.2, 0.25) is 10.0 Å². The highest BCUT2D eigenvalue weighted by Crippen LogP contribution is 2.24. The van der Waals surface area contributed by atoms with Gasteiger partial charge in [0.25, 0.3) is 5.91 Å². The number of rotatable bonds is 6. The van der Waals surface area contributed by atoms with Crippen molar-refractivity contribution >= 4 is 31.9 Å². The molecule has 0 radical (unpaired) electrons. The molecule has 1 atom stereocenters. The normalized spacial score (nSPS) is 13.0. The molecule has 1 amide bonds. The van der Waals surface area contributed by atoms with Gasteiger partial charge in [-0.2, -0.15) is 0 Å². The topological polar surface area (TPSA) is 98.5 Å². The molecule has 0 fully saturated rings. The number of benzene rings is 1. The molecule has 0 aliphatic heterocycles. The van der Waals surface area contributed by atoms with E-state index in [4.69, 9.17) is 9.88 Å². The van der Waals surface area contributed by atoms with Crippen LogP contribution in [-0.2, 0) is 14.8 Å². The van der Waals surface area contributed by atoms with Gasteiger partial charge in [0.1, 0.15) is 5.82 Å². The third kappa shape index (κ3) is 5.03. The van der Waals surface area contributed by atoms with Crippen molar-refractivity contribution in [2.75, 3.05) is 13.2 Å². The zero-order chi connectivity index (χ0) is 16.2. The Labute approximate surface area is 131 Å². The van der Waals surface area contributed by atoms with Gasteiger partial charge in [0.15, 0.2) is 0 Å². The van der Waals surface area contributed by atoms with E-state index in [1.54, 1.807) is 6.92 Å². The van der Waals surface area contributed by atoms with E-state index in [2.05, 4.69) is 21.2 Å². The molecule has 6 nitrogen and oxygen atoms in total. The molecular weight excluding hydrogens is 367 g/mol. The molecule has 118 valence electrons. The van der Waals surface area contributed by atoms with Crippen LogP contribution in [0.4, 0.5) is 4.39 Å². The lowest BCUT2D eigenvalue weighted by molar-refractivity contribution is 0.0693. The van der Waals surface area contributed by atoms with Gasteiger partial charge < -0.3 is 10.1 Å². The van der Waals surface area contributed by atoms with Crippen LogP contribution < -0.4 is 10.5 Å². The van der Waals surface area contributed by atoms with Crippen LogP contribution in [0.3, 0.4) is 0 Å². The summed E-state index contributed by atoms with van der Waals surface area (Å²) in [6.45, 7) is 4.22. The van der Waals surface area contributed by atoms with E-state index in [1.807, 2.05) is 6.92 Å². The smallest absolute Gasteiger partial charge is 0.254 e. The summed E-state index contributed by atoms with van der Waals surface area (Å²) < 4.78 is 41.7. The second-order valence-electron chi connectivity index (χ2n) is 4.28. The first-order chi connectivity index (χ1) is 9.66. The summed E-state index contributed by atoms with van der Waals surface area (Å²) in [6, 6.07) is 1.79. The fraction of sp³-hybridized carbons (Fsp3) is 0.417. The van der Waals surface area contributed by atoms with E-state index < -0.39 is 27.3 Å². The summed E-state index contributed by atoms with van der Waals surface area (Å²) in [5.74, 6) is -1.59. The quantitative estimate of drug-likeness (QED) is 0.776. The molecule has 1 unspecified atom stereocenters. The van der Waals surface area contributed by atoms with E-state index in [0.29, 0.717) is 6.61 Å². The number of hydrogen-bond acceptors (Lipinski definition) is 4. The monoisotopic (exact) mass is 382 g/mol. The number of halogens is 2. The van der Waals surface area contributed by atoms with E-state index in [0.717, 1.165) is 12.1 Å². The molecular formula is C12H16BrFN2O4S. The number of sulfonamides is 1. The number of amides is 1. The van der Waals surface area contributed by atoms with Crippen LogP contribution in [-0.4, -0.2) is 33.6 Å². The maximum atomic E-state index is 13.8. The summed E-state index contributed by atoms with van der Waals surface area (Å²) in [6.07, 6.45) is -0.241. The average molecular weight is 383 g/mol. The summed E-state index contributed by atoms with van der Waals surface area (Å²) in [5, 5.41) is 7.47. The van der Waals surface area contributed by atoms with Gasteiger partial charge >= 0.3 is 0 Å². The first-order valence-corrected chi connectivity index (χ1v) is 8.42. The summed E-state index contributed by atoms with van der Waals surface area (Å²) in [4.78, 5) is 11.6. The Bertz CT molecular complexity index is 636. The molecule has 1 aromatic rings. The number of primary sulfonamides is 1. The Morgan fingerprint density at radius 1 is 1.52 bits per heavy atom. The average Bonchev–Trinajstić information content (AvgIpc) is 2.34. The third-order valence-corrected chi connectivity index (χ3v) is 4.44. The highest BCUT2D eigenvalue weighted by atomic mass is 79.9. The minimum atomic E-state index is -4.06. The van der Waals surface area contributed by atoms with Crippen molar-refractivity contribution in [1.29, 1.82) is 0 Å². The van der Waals surface area contributed by atoms with Crippen LogP contribution in [0.2, 0.25) is 0 Å². The van der Waals surface area contributed by atoms with E-state index >= 15 is 0 Å². The second-order valence-corrected chi connectivity index (χ2v) is 6.67. The van der Waals surface area contributed by atoms with Crippen molar-refractivity contribution < 1.29 is 22.3 Å². The highest BCUT2D eigenvalue weighted by molar-refractivity contribution is 9.10. The predicted molar refractivity (Wildman–Crippen MR) is 78.9 cm³/mol. The van der Waals surface area contributed by atoms with Crippen LogP contribution >= 0.6 is 15.9 Å². The molecule has 0 saturated heterocycles. The first kappa shape index (κ1) is 18.0. The SMILES string of the molecule is CCOC(C)CNC(=O)c1cc(S(N)(=O)=O)c(Br)cc1F. The molecule has 0 aliphatic carbocycles. The van der Waals surface area contributed by atoms with Crippen molar-refractivity contribution in [2.45, 2.75) is 24.8 Å². The lowest BCUT2D eigenvalue weighted by Gasteiger charge is -2.13. The second kappa shape index (κ2) is 7.30. The fourth-order valence-electron chi connectivity index (χ4n) is 1.60.